The summed E-state index contributed by atoms with van der Waals surface area (Å²) >= 11 is 1.90. The SMILES string of the molecule is NCc1cc(S(=O)(=O)NCC2CCSCC2)ccc1F. The van der Waals surface area contributed by atoms with Crippen molar-refractivity contribution in [3.63, 3.8) is 0 Å². The summed E-state index contributed by atoms with van der Waals surface area (Å²) in [7, 11) is -3.59. The van der Waals surface area contributed by atoms with Crippen LogP contribution in [0, 0.1) is 11.7 Å². The highest BCUT2D eigenvalue weighted by Gasteiger charge is 2.19. The lowest BCUT2D eigenvalue weighted by Gasteiger charge is -2.21. The number of hydrogen-bond acceptors (Lipinski definition) is 4. The fourth-order valence-corrected chi connectivity index (χ4v) is 4.51. The number of nitrogens with one attached hydrogen (secondary N) is 1. The minimum Gasteiger partial charge on any atom is -0.326 e. The summed E-state index contributed by atoms with van der Waals surface area (Å²) in [6, 6.07) is 3.72. The molecule has 0 saturated carbocycles. The molecule has 0 amide bonds. The Morgan fingerprint density at radius 3 is 2.70 bits per heavy atom. The summed E-state index contributed by atoms with van der Waals surface area (Å²) in [5.41, 5.74) is 5.61. The maximum atomic E-state index is 13.3. The van der Waals surface area contributed by atoms with E-state index in [0.29, 0.717) is 12.5 Å². The lowest BCUT2D eigenvalue weighted by atomic mass is 10.0. The minimum atomic E-state index is -3.59. The van der Waals surface area contributed by atoms with Crippen LogP contribution in [0.5, 0.6) is 0 Å². The Morgan fingerprint density at radius 2 is 2.05 bits per heavy atom. The highest BCUT2D eigenvalue weighted by atomic mass is 32.2. The summed E-state index contributed by atoms with van der Waals surface area (Å²) in [6.45, 7) is 0.424. The molecule has 0 aliphatic carbocycles. The van der Waals surface area contributed by atoms with E-state index in [-0.39, 0.29) is 17.0 Å². The van der Waals surface area contributed by atoms with E-state index in [1.165, 1.54) is 12.1 Å². The van der Waals surface area contributed by atoms with Gasteiger partial charge in [0, 0.05) is 18.7 Å². The monoisotopic (exact) mass is 318 g/mol. The molecule has 1 aromatic rings. The Bertz CT molecular complexity index is 557. The molecule has 7 heteroatoms. The molecule has 2 rings (SSSR count). The molecule has 0 unspecified atom stereocenters. The standard InChI is InChI=1S/C13H19FN2O2S2/c14-13-2-1-12(7-11(13)8-15)20(17,18)16-9-10-3-5-19-6-4-10/h1-2,7,10,16H,3-6,8-9,15H2. The number of thioether (sulfide) groups is 1. The molecule has 0 spiro atoms. The van der Waals surface area contributed by atoms with Gasteiger partial charge in [-0.3, -0.25) is 0 Å². The molecular formula is C13H19FN2O2S2. The van der Waals surface area contributed by atoms with Crippen LogP contribution in [0.1, 0.15) is 18.4 Å². The largest absolute Gasteiger partial charge is 0.326 e. The summed E-state index contributed by atoms with van der Waals surface area (Å²) in [4.78, 5) is 0.0736. The Balaban J connectivity index is 2.05. The van der Waals surface area contributed by atoms with Crippen LogP contribution < -0.4 is 10.5 Å². The summed E-state index contributed by atoms with van der Waals surface area (Å²) < 4.78 is 40.3. The van der Waals surface area contributed by atoms with Gasteiger partial charge in [0.2, 0.25) is 10.0 Å². The first-order valence-corrected chi connectivity index (χ1v) is 9.22. The zero-order valence-electron chi connectivity index (χ0n) is 11.1. The molecule has 1 fully saturated rings. The molecule has 1 aromatic carbocycles. The molecule has 0 bridgehead atoms. The third-order valence-corrected chi connectivity index (χ3v) is 5.92. The van der Waals surface area contributed by atoms with Gasteiger partial charge in [-0.2, -0.15) is 11.8 Å². The number of halogens is 1. The topological polar surface area (TPSA) is 72.2 Å². The van der Waals surface area contributed by atoms with Crippen LogP contribution in [0.15, 0.2) is 23.1 Å². The van der Waals surface area contributed by atoms with Crippen molar-refractivity contribution in [2.45, 2.75) is 24.3 Å². The second kappa shape index (κ2) is 6.89. The molecule has 112 valence electrons. The van der Waals surface area contributed by atoms with E-state index in [4.69, 9.17) is 5.73 Å². The van der Waals surface area contributed by atoms with Crippen molar-refractivity contribution in [1.29, 1.82) is 0 Å². The van der Waals surface area contributed by atoms with E-state index >= 15 is 0 Å². The van der Waals surface area contributed by atoms with E-state index in [1.807, 2.05) is 11.8 Å². The predicted molar refractivity (Wildman–Crippen MR) is 79.5 cm³/mol. The molecule has 0 atom stereocenters. The van der Waals surface area contributed by atoms with Crippen LogP contribution in [-0.4, -0.2) is 26.5 Å². The fourth-order valence-electron chi connectivity index (χ4n) is 2.14. The van der Waals surface area contributed by atoms with Gasteiger partial charge in [0.15, 0.2) is 0 Å². The molecule has 1 saturated heterocycles. The second-order valence-corrected chi connectivity index (χ2v) is 7.86. The van der Waals surface area contributed by atoms with Crippen LogP contribution >= 0.6 is 11.8 Å². The van der Waals surface area contributed by atoms with E-state index in [2.05, 4.69) is 4.72 Å². The predicted octanol–water partition coefficient (Wildman–Crippen LogP) is 1.71. The van der Waals surface area contributed by atoms with E-state index in [0.717, 1.165) is 30.4 Å². The van der Waals surface area contributed by atoms with Gasteiger partial charge in [0.25, 0.3) is 0 Å². The Morgan fingerprint density at radius 1 is 1.35 bits per heavy atom. The lowest BCUT2D eigenvalue weighted by Crippen LogP contribution is -2.31. The van der Waals surface area contributed by atoms with Gasteiger partial charge in [-0.05, 0) is 48.5 Å². The first-order valence-electron chi connectivity index (χ1n) is 6.59. The normalized spacial score (nSPS) is 17.3. The van der Waals surface area contributed by atoms with Gasteiger partial charge in [-0.15, -0.1) is 0 Å². The first kappa shape index (κ1) is 15.8. The van der Waals surface area contributed by atoms with Gasteiger partial charge < -0.3 is 5.73 Å². The van der Waals surface area contributed by atoms with Crippen LogP contribution in [0.4, 0.5) is 4.39 Å². The molecule has 0 aromatic heterocycles. The second-order valence-electron chi connectivity index (χ2n) is 4.86. The zero-order chi connectivity index (χ0) is 14.6. The van der Waals surface area contributed by atoms with Crippen molar-refractivity contribution in [2.24, 2.45) is 11.7 Å². The van der Waals surface area contributed by atoms with E-state index < -0.39 is 15.8 Å². The summed E-state index contributed by atoms with van der Waals surface area (Å²) in [5.74, 6) is 2.08. The highest BCUT2D eigenvalue weighted by molar-refractivity contribution is 7.99. The third kappa shape index (κ3) is 3.94. The molecule has 4 nitrogen and oxygen atoms in total. The molecule has 0 radical (unpaired) electrons. The third-order valence-electron chi connectivity index (χ3n) is 3.45. The molecule has 1 aliphatic rings. The minimum absolute atomic E-state index is 0.0188. The van der Waals surface area contributed by atoms with Crippen molar-refractivity contribution >= 4 is 21.8 Å². The van der Waals surface area contributed by atoms with Crippen LogP contribution in [-0.2, 0) is 16.6 Å². The number of rotatable bonds is 5. The van der Waals surface area contributed by atoms with Crippen molar-refractivity contribution in [3.8, 4) is 0 Å². The Hall–Kier alpha value is -0.630. The van der Waals surface area contributed by atoms with Crippen molar-refractivity contribution in [1.82, 2.24) is 4.72 Å². The molecule has 20 heavy (non-hydrogen) atoms. The van der Waals surface area contributed by atoms with Gasteiger partial charge in [-0.1, -0.05) is 0 Å². The van der Waals surface area contributed by atoms with E-state index in [9.17, 15) is 12.8 Å². The quantitative estimate of drug-likeness (QED) is 0.867. The average molecular weight is 318 g/mol. The molecular weight excluding hydrogens is 299 g/mol. The smallest absolute Gasteiger partial charge is 0.240 e. The van der Waals surface area contributed by atoms with Gasteiger partial charge in [0.1, 0.15) is 5.82 Å². The highest BCUT2D eigenvalue weighted by Crippen LogP contribution is 2.22. The van der Waals surface area contributed by atoms with Crippen LogP contribution in [0.2, 0.25) is 0 Å². The van der Waals surface area contributed by atoms with E-state index in [1.54, 1.807) is 0 Å². The van der Waals surface area contributed by atoms with Gasteiger partial charge >= 0.3 is 0 Å². The molecule has 1 heterocycles. The van der Waals surface area contributed by atoms with Gasteiger partial charge in [0.05, 0.1) is 4.90 Å². The Labute approximate surface area is 123 Å². The maximum absolute atomic E-state index is 13.3. The maximum Gasteiger partial charge on any atom is 0.240 e. The average Bonchev–Trinajstić information content (AvgIpc) is 2.46. The van der Waals surface area contributed by atoms with Gasteiger partial charge in [-0.25, -0.2) is 17.5 Å². The molecule has 3 N–H and O–H groups in total. The summed E-state index contributed by atoms with van der Waals surface area (Å²) in [6.07, 6.45) is 2.06. The fraction of sp³-hybridized carbons (Fsp3) is 0.538. The number of benzene rings is 1. The number of sulfonamides is 1. The first-order chi connectivity index (χ1) is 9.53. The van der Waals surface area contributed by atoms with Crippen molar-refractivity contribution < 1.29 is 12.8 Å². The van der Waals surface area contributed by atoms with Crippen molar-refractivity contribution in [2.75, 3.05) is 18.1 Å². The number of hydrogen-bond donors (Lipinski definition) is 2. The molecule has 1 aliphatic heterocycles. The number of nitrogens with two attached hydrogens (primary N) is 1. The van der Waals surface area contributed by atoms with Crippen LogP contribution in [0.25, 0.3) is 0 Å². The van der Waals surface area contributed by atoms with Crippen LogP contribution in [0.3, 0.4) is 0 Å². The summed E-state index contributed by atoms with van der Waals surface area (Å²) in [5, 5.41) is 0. The lowest BCUT2D eigenvalue weighted by molar-refractivity contribution is 0.476. The zero-order valence-corrected chi connectivity index (χ0v) is 12.8. The van der Waals surface area contributed by atoms with Crippen molar-refractivity contribution in [3.05, 3.63) is 29.6 Å². The Kier molecular flexibility index (Phi) is 5.42.